The molecule has 2 aromatic rings. The van der Waals surface area contributed by atoms with Crippen molar-refractivity contribution < 1.29 is 9.90 Å². The van der Waals surface area contributed by atoms with Gasteiger partial charge in [0.1, 0.15) is 17.3 Å². The molecule has 0 fully saturated rings. The fourth-order valence-corrected chi connectivity index (χ4v) is 1.54. The van der Waals surface area contributed by atoms with Crippen LogP contribution in [-0.4, -0.2) is 21.0 Å². The Hall–Kier alpha value is -2.14. The molecule has 0 aliphatic carbocycles. The summed E-state index contributed by atoms with van der Waals surface area (Å²) in [5.41, 5.74) is 0.755. The highest BCUT2D eigenvalue weighted by molar-refractivity contribution is 6.32. The number of rotatable bonds is 2. The number of phenolic OH excluding ortho intramolecular Hbond substituents is 1. The predicted molar refractivity (Wildman–Crippen MR) is 67.8 cm³/mol. The topological polar surface area (TPSA) is 75.1 Å². The van der Waals surface area contributed by atoms with Gasteiger partial charge in [-0.25, -0.2) is 9.97 Å². The minimum atomic E-state index is -0.359. The average molecular weight is 264 g/mol. The van der Waals surface area contributed by atoms with Crippen LogP contribution in [0.1, 0.15) is 16.3 Å². The monoisotopic (exact) mass is 263 g/mol. The summed E-state index contributed by atoms with van der Waals surface area (Å²) in [4.78, 5) is 19.8. The van der Waals surface area contributed by atoms with Gasteiger partial charge in [-0.1, -0.05) is 11.6 Å². The number of hydrogen-bond acceptors (Lipinski definition) is 4. The van der Waals surface area contributed by atoms with Gasteiger partial charge in [0, 0.05) is 11.9 Å². The van der Waals surface area contributed by atoms with Gasteiger partial charge < -0.3 is 10.4 Å². The average Bonchev–Trinajstić information content (AvgIpc) is 2.34. The third-order valence-electron chi connectivity index (χ3n) is 2.21. The SMILES string of the molecule is Cc1nccc(C(=O)Nc2ccc(O)c(Cl)c2)n1. The summed E-state index contributed by atoms with van der Waals surface area (Å²) in [7, 11) is 0. The number of halogens is 1. The molecule has 0 saturated carbocycles. The van der Waals surface area contributed by atoms with Gasteiger partial charge in [0.05, 0.1) is 5.02 Å². The van der Waals surface area contributed by atoms with E-state index in [9.17, 15) is 9.90 Å². The van der Waals surface area contributed by atoms with E-state index in [0.29, 0.717) is 11.5 Å². The maximum absolute atomic E-state index is 11.9. The highest BCUT2D eigenvalue weighted by atomic mass is 35.5. The van der Waals surface area contributed by atoms with Gasteiger partial charge in [-0.2, -0.15) is 0 Å². The Kier molecular flexibility index (Phi) is 3.43. The van der Waals surface area contributed by atoms with Crippen LogP contribution in [0.4, 0.5) is 5.69 Å². The molecular weight excluding hydrogens is 254 g/mol. The van der Waals surface area contributed by atoms with Crippen LogP contribution in [0.25, 0.3) is 0 Å². The number of aromatic nitrogens is 2. The molecule has 92 valence electrons. The van der Waals surface area contributed by atoms with Gasteiger partial charge in [0.2, 0.25) is 0 Å². The zero-order valence-corrected chi connectivity index (χ0v) is 10.3. The molecule has 6 heteroatoms. The van der Waals surface area contributed by atoms with Crippen LogP contribution >= 0.6 is 11.6 Å². The molecule has 2 N–H and O–H groups in total. The number of nitrogens with one attached hydrogen (secondary N) is 1. The van der Waals surface area contributed by atoms with Crippen molar-refractivity contribution in [1.82, 2.24) is 9.97 Å². The zero-order chi connectivity index (χ0) is 13.1. The van der Waals surface area contributed by atoms with E-state index in [0.717, 1.165) is 0 Å². The van der Waals surface area contributed by atoms with Gasteiger partial charge in [0.15, 0.2) is 0 Å². The normalized spacial score (nSPS) is 10.1. The molecule has 2 rings (SSSR count). The van der Waals surface area contributed by atoms with Crippen molar-refractivity contribution in [2.24, 2.45) is 0 Å². The van der Waals surface area contributed by atoms with Gasteiger partial charge in [-0.05, 0) is 31.2 Å². The summed E-state index contributed by atoms with van der Waals surface area (Å²) in [5, 5.41) is 12.1. The van der Waals surface area contributed by atoms with E-state index in [1.165, 1.54) is 24.4 Å². The molecule has 0 spiro atoms. The lowest BCUT2D eigenvalue weighted by Crippen LogP contribution is -2.14. The van der Waals surface area contributed by atoms with Crippen molar-refractivity contribution in [3.63, 3.8) is 0 Å². The van der Waals surface area contributed by atoms with Crippen LogP contribution in [-0.2, 0) is 0 Å². The molecule has 0 aliphatic heterocycles. The van der Waals surface area contributed by atoms with E-state index >= 15 is 0 Å². The van der Waals surface area contributed by atoms with Crippen LogP contribution in [0.5, 0.6) is 5.75 Å². The van der Waals surface area contributed by atoms with Crippen LogP contribution in [0.2, 0.25) is 5.02 Å². The number of phenols is 1. The second kappa shape index (κ2) is 5.01. The lowest BCUT2D eigenvalue weighted by Gasteiger charge is -2.06. The maximum Gasteiger partial charge on any atom is 0.274 e. The van der Waals surface area contributed by atoms with Crippen molar-refractivity contribution >= 4 is 23.2 Å². The molecule has 5 nitrogen and oxygen atoms in total. The van der Waals surface area contributed by atoms with Crippen LogP contribution in [0.3, 0.4) is 0 Å². The molecule has 0 unspecified atom stereocenters. The Morgan fingerprint density at radius 3 is 2.83 bits per heavy atom. The van der Waals surface area contributed by atoms with Crippen molar-refractivity contribution in [3.8, 4) is 5.75 Å². The standard InChI is InChI=1S/C12H10ClN3O2/c1-7-14-5-4-10(15-7)12(18)16-8-2-3-11(17)9(13)6-8/h2-6,17H,1H3,(H,16,18). The molecule has 0 radical (unpaired) electrons. The first-order valence-corrected chi connectivity index (χ1v) is 5.53. The first-order valence-electron chi connectivity index (χ1n) is 5.16. The number of benzene rings is 1. The highest BCUT2D eigenvalue weighted by Gasteiger charge is 2.09. The Labute approximate surface area is 108 Å². The number of hydrogen-bond donors (Lipinski definition) is 2. The van der Waals surface area contributed by atoms with Crippen molar-refractivity contribution in [2.45, 2.75) is 6.92 Å². The van der Waals surface area contributed by atoms with Crippen LogP contribution in [0.15, 0.2) is 30.5 Å². The zero-order valence-electron chi connectivity index (χ0n) is 9.51. The van der Waals surface area contributed by atoms with E-state index < -0.39 is 0 Å². The van der Waals surface area contributed by atoms with Gasteiger partial charge in [0.25, 0.3) is 5.91 Å². The Morgan fingerprint density at radius 2 is 2.17 bits per heavy atom. The van der Waals surface area contributed by atoms with Crippen molar-refractivity contribution in [3.05, 3.63) is 47.0 Å². The quantitative estimate of drug-likeness (QED) is 0.816. The van der Waals surface area contributed by atoms with Crippen molar-refractivity contribution in [2.75, 3.05) is 5.32 Å². The molecular formula is C12H10ClN3O2. The number of nitrogens with zero attached hydrogens (tertiary/aromatic N) is 2. The molecule has 0 bridgehead atoms. The predicted octanol–water partition coefficient (Wildman–Crippen LogP) is 2.40. The van der Waals surface area contributed by atoms with E-state index in [1.54, 1.807) is 13.0 Å². The van der Waals surface area contributed by atoms with Gasteiger partial charge in [-0.3, -0.25) is 4.79 Å². The molecule has 0 saturated heterocycles. The molecule has 1 amide bonds. The number of carbonyl (C=O) groups excluding carboxylic acids is 1. The minimum absolute atomic E-state index is 0.0347. The summed E-state index contributed by atoms with van der Waals surface area (Å²) >= 11 is 5.74. The Bertz CT molecular complexity index is 602. The molecule has 18 heavy (non-hydrogen) atoms. The molecule has 1 heterocycles. The second-order valence-electron chi connectivity index (χ2n) is 3.61. The summed E-state index contributed by atoms with van der Waals surface area (Å²) in [6.07, 6.45) is 1.51. The molecule has 1 aromatic carbocycles. The first kappa shape index (κ1) is 12.3. The van der Waals surface area contributed by atoms with Crippen molar-refractivity contribution in [1.29, 1.82) is 0 Å². The molecule has 0 aliphatic rings. The summed E-state index contributed by atoms with van der Waals surface area (Å²) < 4.78 is 0. The van der Waals surface area contributed by atoms with E-state index in [4.69, 9.17) is 11.6 Å². The van der Waals surface area contributed by atoms with E-state index in [1.807, 2.05) is 0 Å². The van der Waals surface area contributed by atoms with Gasteiger partial charge in [-0.15, -0.1) is 0 Å². The Morgan fingerprint density at radius 1 is 1.39 bits per heavy atom. The maximum atomic E-state index is 11.9. The molecule has 1 aromatic heterocycles. The summed E-state index contributed by atoms with van der Waals surface area (Å²) in [6.45, 7) is 1.70. The summed E-state index contributed by atoms with van der Waals surface area (Å²) in [6, 6.07) is 5.93. The number of carbonyl (C=O) groups is 1. The highest BCUT2D eigenvalue weighted by Crippen LogP contribution is 2.26. The summed E-state index contributed by atoms with van der Waals surface area (Å²) in [5.74, 6) is 0.126. The third-order valence-corrected chi connectivity index (χ3v) is 2.52. The number of aromatic hydroxyl groups is 1. The lowest BCUT2D eigenvalue weighted by molar-refractivity contribution is 0.102. The van der Waals surface area contributed by atoms with Crippen LogP contribution < -0.4 is 5.32 Å². The lowest BCUT2D eigenvalue weighted by atomic mass is 10.3. The van der Waals surface area contributed by atoms with Gasteiger partial charge >= 0.3 is 0 Å². The smallest absolute Gasteiger partial charge is 0.274 e. The fraction of sp³-hybridized carbons (Fsp3) is 0.0833. The minimum Gasteiger partial charge on any atom is -0.506 e. The Balaban J connectivity index is 2.18. The second-order valence-corrected chi connectivity index (χ2v) is 4.02. The number of aryl methyl sites for hydroxylation is 1. The first-order chi connectivity index (χ1) is 8.56. The molecule has 0 atom stereocenters. The van der Waals surface area contributed by atoms with E-state index in [-0.39, 0.29) is 22.4 Å². The fourth-order valence-electron chi connectivity index (χ4n) is 1.36. The third kappa shape index (κ3) is 2.75. The van der Waals surface area contributed by atoms with Crippen LogP contribution in [0, 0.1) is 6.92 Å². The largest absolute Gasteiger partial charge is 0.506 e. The van der Waals surface area contributed by atoms with E-state index in [2.05, 4.69) is 15.3 Å². The number of anilines is 1. The number of amides is 1.